The summed E-state index contributed by atoms with van der Waals surface area (Å²) in [5.74, 6) is 0.701. The second kappa shape index (κ2) is 6.00. The summed E-state index contributed by atoms with van der Waals surface area (Å²) in [5, 5.41) is 4.20. The maximum Gasteiger partial charge on any atom is 0.255 e. The molecule has 3 N–H and O–H groups in total. The normalized spacial score (nSPS) is 10.8. The number of pyridine rings is 3. The Hall–Kier alpha value is -3.41. The van der Waals surface area contributed by atoms with E-state index in [9.17, 15) is 4.79 Å². The van der Waals surface area contributed by atoms with Gasteiger partial charge < -0.3 is 15.3 Å². The smallest absolute Gasteiger partial charge is 0.255 e. The molecule has 0 fully saturated rings. The van der Waals surface area contributed by atoms with Crippen LogP contribution in [0.25, 0.3) is 22.2 Å². The summed E-state index contributed by atoms with van der Waals surface area (Å²) in [5.41, 5.74) is 3.14. The molecular weight excluding hydrogens is 302 g/mol. The van der Waals surface area contributed by atoms with E-state index in [0.29, 0.717) is 17.9 Å². The van der Waals surface area contributed by atoms with Crippen molar-refractivity contribution in [3.05, 3.63) is 77.1 Å². The summed E-state index contributed by atoms with van der Waals surface area (Å²) < 4.78 is 0. The number of nitrogens with one attached hydrogen (secondary N) is 3. The lowest BCUT2D eigenvalue weighted by Gasteiger charge is -2.09. The Morgan fingerprint density at radius 2 is 2.00 bits per heavy atom. The molecule has 0 spiro atoms. The first kappa shape index (κ1) is 14.2. The van der Waals surface area contributed by atoms with E-state index < -0.39 is 0 Å². The van der Waals surface area contributed by atoms with Gasteiger partial charge in [0.25, 0.3) is 5.56 Å². The van der Waals surface area contributed by atoms with E-state index >= 15 is 0 Å². The lowest BCUT2D eigenvalue weighted by Crippen LogP contribution is -2.08. The first-order valence-electron chi connectivity index (χ1n) is 7.60. The number of nitrogens with zero attached hydrogens (tertiary/aromatic N) is 2. The second-order valence-corrected chi connectivity index (χ2v) is 5.42. The summed E-state index contributed by atoms with van der Waals surface area (Å²) >= 11 is 0. The first-order valence-corrected chi connectivity index (χ1v) is 7.60. The molecule has 0 radical (unpaired) electrons. The molecule has 0 aliphatic carbocycles. The molecule has 6 nitrogen and oxygen atoms in total. The van der Waals surface area contributed by atoms with Crippen molar-refractivity contribution in [1.82, 2.24) is 19.9 Å². The summed E-state index contributed by atoms with van der Waals surface area (Å²) in [6.45, 7) is 0.609. The molecule has 0 atom stereocenters. The van der Waals surface area contributed by atoms with Crippen molar-refractivity contribution in [2.75, 3.05) is 5.32 Å². The summed E-state index contributed by atoms with van der Waals surface area (Å²) in [7, 11) is 0. The number of hydrogen-bond acceptors (Lipinski definition) is 4. The predicted octanol–water partition coefficient (Wildman–Crippen LogP) is 2.93. The second-order valence-electron chi connectivity index (χ2n) is 5.42. The number of hydrogen-bond donors (Lipinski definition) is 3. The summed E-state index contributed by atoms with van der Waals surface area (Å²) in [6, 6.07) is 11.3. The highest BCUT2D eigenvalue weighted by Crippen LogP contribution is 2.27. The fourth-order valence-corrected chi connectivity index (χ4v) is 2.68. The fraction of sp³-hybridized carbons (Fsp3) is 0.0556. The minimum Gasteiger partial charge on any atom is -0.366 e. The average Bonchev–Trinajstić information content (AvgIpc) is 3.09. The highest BCUT2D eigenvalue weighted by Gasteiger charge is 2.11. The Kier molecular flexibility index (Phi) is 3.55. The van der Waals surface area contributed by atoms with Crippen LogP contribution in [0.5, 0.6) is 0 Å². The number of rotatable bonds is 4. The molecule has 0 amide bonds. The van der Waals surface area contributed by atoms with Crippen LogP contribution in [0.2, 0.25) is 0 Å². The zero-order chi connectivity index (χ0) is 16.4. The van der Waals surface area contributed by atoms with Crippen molar-refractivity contribution in [3.63, 3.8) is 0 Å². The predicted molar refractivity (Wildman–Crippen MR) is 93.7 cm³/mol. The van der Waals surface area contributed by atoms with E-state index in [1.165, 1.54) is 0 Å². The minimum atomic E-state index is -0.121. The van der Waals surface area contributed by atoms with Crippen LogP contribution in [-0.2, 0) is 6.54 Å². The van der Waals surface area contributed by atoms with Crippen molar-refractivity contribution < 1.29 is 0 Å². The highest BCUT2D eigenvalue weighted by atomic mass is 16.1. The van der Waals surface area contributed by atoms with Gasteiger partial charge in [0.15, 0.2) is 0 Å². The molecule has 0 aliphatic rings. The van der Waals surface area contributed by atoms with Gasteiger partial charge in [-0.15, -0.1) is 0 Å². The fourth-order valence-electron chi connectivity index (χ4n) is 2.68. The highest BCUT2D eigenvalue weighted by molar-refractivity contribution is 5.94. The molecule has 4 heterocycles. The first-order chi connectivity index (χ1) is 11.8. The molecule has 0 aromatic carbocycles. The Morgan fingerprint density at radius 3 is 2.83 bits per heavy atom. The number of fused-ring (bicyclic) bond motifs is 1. The maximum absolute atomic E-state index is 12.2. The molecule has 0 bridgehead atoms. The Morgan fingerprint density at radius 1 is 1.04 bits per heavy atom. The molecule has 0 aliphatic heterocycles. The van der Waals surface area contributed by atoms with Crippen LogP contribution < -0.4 is 10.9 Å². The van der Waals surface area contributed by atoms with Crippen molar-refractivity contribution >= 4 is 16.9 Å². The van der Waals surface area contributed by atoms with Crippen molar-refractivity contribution in [3.8, 4) is 11.1 Å². The van der Waals surface area contributed by atoms with Gasteiger partial charge in [-0.1, -0.05) is 6.07 Å². The third kappa shape index (κ3) is 2.65. The third-order valence-electron chi connectivity index (χ3n) is 3.83. The van der Waals surface area contributed by atoms with Crippen LogP contribution >= 0.6 is 0 Å². The van der Waals surface area contributed by atoms with Crippen LogP contribution in [-0.4, -0.2) is 19.9 Å². The van der Waals surface area contributed by atoms with Gasteiger partial charge in [0.2, 0.25) is 0 Å². The average molecular weight is 317 g/mol. The number of aromatic amines is 2. The quantitative estimate of drug-likeness (QED) is 0.540. The van der Waals surface area contributed by atoms with Gasteiger partial charge in [-0.05, 0) is 35.9 Å². The van der Waals surface area contributed by atoms with Gasteiger partial charge in [0, 0.05) is 47.8 Å². The Labute approximate surface area is 137 Å². The number of aromatic nitrogens is 4. The molecule has 4 rings (SSSR count). The molecule has 0 unspecified atom stereocenters. The Bertz CT molecular complexity index is 1040. The molecular formula is C18H15N5O. The van der Waals surface area contributed by atoms with Crippen LogP contribution in [0.4, 0.5) is 5.82 Å². The van der Waals surface area contributed by atoms with Crippen molar-refractivity contribution in [2.24, 2.45) is 0 Å². The van der Waals surface area contributed by atoms with Gasteiger partial charge in [-0.2, -0.15) is 0 Å². The zero-order valence-corrected chi connectivity index (χ0v) is 12.8. The topological polar surface area (TPSA) is 86.5 Å². The van der Waals surface area contributed by atoms with E-state index in [0.717, 1.165) is 22.2 Å². The van der Waals surface area contributed by atoms with Crippen LogP contribution in [0.15, 0.2) is 66.0 Å². The third-order valence-corrected chi connectivity index (χ3v) is 3.83. The minimum absolute atomic E-state index is 0.121. The van der Waals surface area contributed by atoms with Crippen LogP contribution in [0, 0.1) is 0 Å². The van der Waals surface area contributed by atoms with Crippen LogP contribution in [0.3, 0.4) is 0 Å². The summed E-state index contributed by atoms with van der Waals surface area (Å²) in [4.78, 5) is 26.7. The summed E-state index contributed by atoms with van der Waals surface area (Å²) in [6.07, 6.45) is 7.00. The van der Waals surface area contributed by atoms with E-state index in [-0.39, 0.29) is 5.56 Å². The van der Waals surface area contributed by atoms with E-state index in [4.69, 9.17) is 0 Å². The van der Waals surface area contributed by atoms with Gasteiger partial charge >= 0.3 is 0 Å². The SMILES string of the molecule is O=c1[nH]cccc1-c1cc(NCc2cccnc2)nc2[nH]ccc12. The molecule has 0 saturated carbocycles. The van der Waals surface area contributed by atoms with Gasteiger partial charge in [-0.25, -0.2) is 4.98 Å². The lowest BCUT2D eigenvalue weighted by molar-refractivity contribution is 1.09. The molecule has 4 aromatic heterocycles. The number of H-pyrrole nitrogens is 2. The Balaban J connectivity index is 1.75. The zero-order valence-electron chi connectivity index (χ0n) is 12.8. The lowest BCUT2D eigenvalue weighted by atomic mass is 10.1. The monoisotopic (exact) mass is 317 g/mol. The standard InChI is InChI=1S/C18H15N5O/c24-18-14(4-2-7-21-18)15-9-16(23-17-13(15)5-8-20-17)22-11-12-3-1-6-19-10-12/h1-10H,11H2,(H,21,24)(H2,20,22,23). The number of anilines is 1. The molecule has 24 heavy (non-hydrogen) atoms. The van der Waals surface area contributed by atoms with Gasteiger partial charge in [-0.3, -0.25) is 9.78 Å². The van der Waals surface area contributed by atoms with Gasteiger partial charge in [0.1, 0.15) is 11.5 Å². The maximum atomic E-state index is 12.2. The van der Waals surface area contributed by atoms with Crippen molar-refractivity contribution in [1.29, 1.82) is 0 Å². The van der Waals surface area contributed by atoms with Gasteiger partial charge in [0.05, 0.1) is 0 Å². The molecule has 4 aromatic rings. The molecule has 118 valence electrons. The van der Waals surface area contributed by atoms with Crippen molar-refractivity contribution in [2.45, 2.75) is 6.54 Å². The van der Waals surface area contributed by atoms with Crippen LogP contribution in [0.1, 0.15) is 5.56 Å². The van der Waals surface area contributed by atoms with E-state index in [2.05, 4.69) is 25.3 Å². The molecule has 0 saturated heterocycles. The van der Waals surface area contributed by atoms with E-state index in [1.54, 1.807) is 12.4 Å². The molecule has 6 heteroatoms. The van der Waals surface area contributed by atoms with E-state index in [1.807, 2.05) is 48.8 Å². The largest absolute Gasteiger partial charge is 0.366 e.